The van der Waals surface area contributed by atoms with Crippen molar-refractivity contribution in [1.82, 2.24) is 14.8 Å². The van der Waals surface area contributed by atoms with Gasteiger partial charge in [0.05, 0.1) is 11.4 Å². The molecule has 0 fully saturated rings. The first-order chi connectivity index (χ1) is 18.9. The number of hydrogen-bond acceptors (Lipinski definition) is 7. The van der Waals surface area contributed by atoms with Gasteiger partial charge in [-0.2, -0.15) is 0 Å². The zero-order chi connectivity index (χ0) is 29.3. The summed E-state index contributed by atoms with van der Waals surface area (Å²) in [6, 6.07) is 8.65. The van der Waals surface area contributed by atoms with Crippen molar-refractivity contribution in [2.45, 2.75) is 39.3 Å². The van der Waals surface area contributed by atoms with Gasteiger partial charge in [0.15, 0.2) is 0 Å². The molecule has 0 saturated heterocycles. The van der Waals surface area contributed by atoms with E-state index in [1.807, 2.05) is 19.0 Å². The molecule has 2 aromatic heterocycles. The summed E-state index contributed by atoms with van der Waals surface area (Å²) in [5, 5.41) is 11.5. The third-order valence-corrected chi connectivity index (χ3v) is 6.12. The van der Waals surface area contributed by atoms with Crippen molar-refractivity contribution < 1.29 is 23.5 Å². The number of thiophene rings is 1. The predicted molar refractivity (Wildman–Crippen MR) is 155 cm³/mol. The molecule has 0 aliphatic heterocycles. The van der Waals surface area contributed by atoms with Crippen LogP contribution in [0.15, 0.2) is 53.4 Å². The van der Waals surface area contributed by atoms with Gasteiger partial charge >= 0.3 is 12.1 Å². The number of ether oxygens (including phenoxy) is 1. The van der Waals surface area contributed by atoms with Crippen molar-refractivity contribution in [3.05, 3.63) is 70.4 Å². The number of anilines is 3. The average molecular weight is 571 g/mol. The zero-order valence-electron chi connectivity index (χ0n) is 23.3. The first-order valence-electron chi connectivity index (χ1n) is 12.7. The van der Waals surface area contributed by atoms with Crippen LogP contribution < -0.4 is 16.0 Å². The number of benzene rings is 1. The third-order valence-electron chi connectivity index (χ3n) is 5.37. The highest BCUT2D eigenvalue weighted by molar-refractivity contribution is 7.09. The number of rotatable bonds is 10. The molecule has 214 valence electrons. The fourth-order valence-electron chi connectivity index (χ4n) is 3.56. The van der Waals surface area contributed by atoms with Crippen LogP contribution in [0.25, 0.3) is 0 Å². The normalized spacial score (nSPS) is 11.2. The molecule has 4 amide bonds. The van der Waals surface area contributed by atoms with Crippen LogP contribution in [-0.4, -0.2) is 65.6 Å². The van der Waals surface area contributed by atoms with E-state index in [0.29, 0.717) is 23.6 Å². The van der Waals surface area contributed by atoms with Crippen molar-refractivity contribution in [3.63, 3.8) is 0 Å². The quantitative estimate of drug-likeness (QED) is 0.281. The molecule has 3 N–H and O–H groups in total. The van der Waals surface area contributed by atoms with Gasteiger partial charge in [0, 0.05) is 35.7 Å². The predicted octanol–water partition coefficient (Wildman–Crippen LogP) is 5.87. The van der Waals surface area contributed by atoms with Crippen molar-refractivity contribution in [2.24, 2.45) is 0 Å². The molecule has 10 nitrogen and oxygen atoms in total. The maximum absolute atomic E-state index is 13.6. The molecule has 0 unspecified atom stereocenters. The molecule has 3 aromatic rings. The second-order valence-electron chi connectivity index (χ2n) is 10.4. The number of nitrogens with zero attached hydrogens (tertiary/aromatic N) is 3. The SMILES string of the molecule is CN(C)CCCN(Cc1ccc(C(=O)Nc2cscc2NC(=O)OC(C)(C)C)nc1)C(=O)Nc1cccc(F)c1. The van der Waals surface area contributed by atoms with Crippen LogP contribution in [0.1, 0.15) is 43.2 Å². The summed E-state index contributed by atoms with van der Waals surface area (Å²) in [6.07, 6.45) is 1.65. The summed E-state index contributed by atoms with van der Waals surface area (Å²) in [5.41, 5.74) is 1.44. The van der Waals surface area contributed by atoms with Gasteiger partial charge in [0.25, 0.3) is 5.91 Å². The molecule has 1 aromatic carbocycles. The molecular weight excluding hydrogens is 535 g/mol. The molecule has 0 saturated carbocycles. The monoisotopic (exact) mass is 570 g/mol. The molecule has 0 radical (unpaired) electrons. The minimum atomic E-state index is -0.656. The highest BCUT2D eigenvalue weighted by Crippen LogP contribution is 2.27. The standard InChI is InChI=1S/C28H35FN6O4S/c1-28(2,3)39-27(38)33-24-18-40-17-23(24)32-25(36)22-11-10-19(15-30-22)16-35(13-7-12-34(4)5)26(37)31-21-9-6-8-20(29)14-21/h6,8-11,14-15,17-18H,7,12-13,16H2,1-5H3,(H,31,37)(H,32,36)(H,33,38). The van der Waals surface area contributed by atoms with Crippen LogP contribution in [-0.2, 0) is 11.3 Å². The maximum Gasteiger partial charge on any atom is 0.412 e. The van der Waals surface area contributed by atoms with Gasteiger partial charge in [-0.1, -0.05) is 12.1 Å². The second-order valence-corrected chi connectivity index (χ2v) is 11.1. The minimum absolute atomic E-state index is 0.168. The van der Waals surface area contributed by atoms with E-state index >= 15 is 0 Å². The Morgan fingerprint density at radius 3 is 2.35 bits per heavy atom. The van der Waals surface area contributed by atoms with E-state index in [1.165, 1.54) is 35.7 Å². The van der Waals surface area contributed by atoms with Crippen LogP contribution in [0.5, 0.6) is 0 Å². The Kier molecular flexibility index (Phi) is 10.6. The Morgan fingerprint density at radius 2 is 1.73 bits per heavy atom. The number of carbonyl (C=O) groups is 3. The molecule has 0 aliphatic carbocycles. The fraction of sp³-hybridized carbons (Fsp3) is 0.357. The highest BCUT2D eigenvalue weighted by atomic mass is 32.1. The third kappa shape index (κ3) is 9.93. The topological polar surface area (TPSA) is 116 Å². The number of hydrogen-bond donors (Lipinski definition) is 3. The molecule has 40 heavy (non-hydrogen) atoms. The van der Waals surface area contributed by atoms with E-state index in [9.17, 15) is 18.8 Å². The number of amides is 4. The van der Waals surface area contributed by atoms with E-state index in [1.54, 1.807) is 54.6 Å². The molecule has 0 bridgehead atoms. The Labute approximate surface area is 237 Å². The summed E-state index contributed by atoms with van der Waals surface area (Å²) in [4.78, 5) is 45.9. The Hall–Kier alpha value is -4.03. The smallest absolute Gasteiger partial charge is 0.412 e. The lowest BCUT2D eigenvalue weighted by Gasteiger charge is -2.24. The number of aromatic nitrogens is 1. The Bertz CT molecular complexity index is 1310. The highest BCUT2D eigenvalue weighted by Gasteiger charge is 2.19. The molecule has 12 heteroatoms. The Balaban J connectivity index is 1.64. The van der Waals surface area contributed by atoms with Gasteiger partial charge in [0.1, 0.15) is 17.1 Å². The van der Waals surface area contributed by atoms with Crippen LogP contribution in [0.4, 0.5) is 31.0 Å². The number of halogens is 1. The molecule has 2 heterocycles. The van der Waals surface area contributed by atoms with Gasteiger partial charge in [-0.05, 0) is 77.7 Å². The van der Waals surface area contributed by atoms with Gasteiger partial charge in [-0.25, -0.2) is 14.0 Å². The van der Waals surface area contributed by atoms with Crippen molar-refractivity contribution in [2.75, 3.05) is 43.1 Å². The van der Waals surface area contributed by atoms with Crippen LogP contribution >= 0.6 is 11.3 Å². The van der Waals surface area contributed by atoms with Crippen LogP contribution in [0.3, 0.4) is 0 Å². The lowest BCUT2D eigenvalue weighted by molar-refractivity contribution is 0.0635. The van der Waals surface area contributed by atoms with Gasteiger partial charge in [-0.3, -0.25) is 15.1 Å². The van der Waals surface area contributed by atoms with E-state index in [2.05, 4.69) is 20.9 Å². The summed E-state index contributed by atoms with van der Waals surface area (Å²) >= 11 is 1.31. The van der Waals surface area contributed by atoms with E-state index in [4.69, 9.17) is 4.74 Å². The maximum atomic E-state index is 13.6. The van der Waals surface area contributed by atoms with Crippen molar-refractivity contribution >= 4 is 46.4 Å². The first-order valence-corrected chi connectivity index (χ1v) is 13.6. The number of pyridine rings is 1. The van der Waals surface area contributed by atoms with E-state index in [-0.39, 0.29) is 18.3 Å². The fourth-order valence-corrected chi connectivity index (χ4v) is 4.27. The summed E-state index contributed by atoms with van der Waals surface area (Å²) < 4.78 is 18.9. The summed E-state index contributed by atoms with van der Waals surface area (Å²) in [6.45, 7) is 6.79. The van der Waals surface area contributed by atoms with Gasteiger partial charge in [-0.15, -0.1) is 11.3 Å². The van der Waals surface area contributed by atoms with Gasteiger partial charge in [0.2, 0.25) is 0 Å². The largest absolute Gasteiger partial charge is 0.444 e. The molecule has 0 atom stereocenters. The lowest BCUT2D eigenvalue weighted by Crippen LogP contribution is -2.36. The van der Waals surface area contributed by atoms with Crippen LogP contribution in [0, 0.1) is 5.82 Å². The zero-order valence-corrected chi connectivity index (χ0v) is 24.1. The molecule has 0 aliphatic rings. The number of urea groups is 1. The van der Waals surface area contributed by atoms with Gasteiger partial charge < -0.3 is 25.2 Å². The molecule has 0 spiro atoms. The van der Waals surface area contributed by atoms with E-state index in [0.717, 1.165) is 18.5 Å². The van der Waals surface area contributed by atoms with Crippen molar-refractivity contribution in [3.8, 4) is 0 Å². The van der Waals surface area contributed by atoms with Crippen molar-refractivity contribution in [1.29, 1.82) is 0 Å². The van der Waals surface area contributed by atoms with Crippen LogP contribution in [0.2, 0.25) is 0 Å². The number of carbonyl (C=O) groups excluding carboxylic acids is 3. The second kappa shape index (κ2) is 13.9. The number of nitrogens with one attached hydrogen (secondary N) is 3. The Morgan fingerprint density at radius 1 is 1.00 bits per heavy atom. The first kappa shape index (κ1) is 30.5. The molecule has 3 rings (SSSR count). The minimum Gasteiger partial charge on any atom is -0.444 e. The summed E-state index contributed by atoms with van der Waals surface area (Å²) in [7, 11) is 3.91. The molecular formula is C28H35FN6O4S. The summed E-state index contributed by atoms with van der Waals surface area (Å²) in [5.74, 6) is -0.894. The average Bonchev–Trinajstić information content (AvgIpc) is 3.28. The lowest BCUT2D eigenvalue weighted by atomic mass is 10.2. The van der Waals surface area contributed by atoms with E-state index < -0.39 is 23.4 Å².